The Morgan fingerprint density at radius 1 is 1.32 bits per heavy atom. The van der Waals surface area contributed by atoms with Crippen LogP contribution in [0, 0.1) is 18.6 Å². The van der Waals surface area contributed by atoms with Gasteiger partial charge >= 0.3 is 0 Å². The van der Waals surface area contributed by atoms with Crippen LogP contribution in [0.25, 0.3) is 0 Å². The monoisotopic (exact) mass is 392 g/mol. The molecule has 1 saturated heterocycles. The zero-order valence-corrected chi connectivity index (χ0v) is 15.7. The topological polar surface area (TPSA) is 71.0 Å². The molecule has 150 valence electrons. The lowest BCUT2D eigenvalue weighted by Gasteiger charge is -2.26. The normalized spacial score (nSPS) is 17.2. The molecule has 1 aliphatic heterocycles. The predicted molar refractivity (Wildman–Crippen MR) is 101 cm³/mol. The van der Waals surface area contributed by atoms with Crippen molar-refractivity contribution in [3.05, 3.63) is 53.1 Å². The van der Waals surface area contributed by atoms with Crippen molar-refractivity contribution in [1.82, 2.24) is 0 Å². The first-order valence-electron chi connectivity index (χ1n) is 8.85. The molecule has 2 N–H and O–H groups in total. The van der Waals surface area contributed by atoms with Crippen molar-refractivity contribution in [3.8, 4) is 5.75 Å². The van der Waals surface area contributed by atoms with E-state index in [1.54, 1.807) is 18.2 Å². The number of benzene rings is 2. The highest BCUT2D eigenvalue weighted by Gasteiger charge is 2.21. The van der Waals surface area contributed by atoms with Crippen LogP contribution in [0.5, 0.6) is 5.75 Å². The maximum atomic E-state index is 13.6. The molecular formula is C20H22F2N2O4. The zero-order valence-electron chi connectivity index (χ0n) is 15.7. The Labute approximate surface area is 161 Å². The maximum absolute atomic E-state index is 13.6. The summed E-state index contributed by atoms with van der Waals surface area (Å²) >= 11 is 0. The fraction of sp³-hybridized carbons (Fsp3) is 0.350. The van der Waals surface area contributed by atoms with Crippen LogP contribution in [0.15, 0.2) is 30.3 Å². The van der Waals surface area contributed by atoms with Crippen LogP contribution in [0.4, 0.5) is 20.2 Å². The van der Waals surface area contributed by atoms with E-state index in [0.717, 1.165) is 6.07 Å². The van der Waals surface area contributed by atoms with E-state index >= 15 is 0 Å². The van der Waals surface area contributed by atoms with Gasteiger partial charge in [-0.15, -0.1) is 0 Å². The molecule has 1 unspecified atom stereocenters. The quantitative estimate of drug-likeness (QED) is 0.837. The molecule has 3 rings (SSSR count). The molecule has 0 bridgehead atoms. The molecule has 1 heterocycles. The van der Waals surface area contributed by atoms with E-state index in [1.165, 1.54) is 20.1 Å². The van der Waals surface area contributed by atoms with Crippen molar-refractivity contribution in [1.29, 1.82) is 0 Å². The molecule has 0 spiro atoms. The van der Waals surface area contributed by atoms with Gasteiger partial charge in [0.25, 0.3) is 5.91 Å². The Hall–Kier alpha value is -2.71. The van der Waals surface area contributed by atoms with Gasteiger partial charge in [-0.3, -0.25) is 4.79 Å². The molecule has 2 aromatic carbocycles. The van der Waals surface area contributed by atoms with Gasteiger partial charge in [0.2, 0.25) is 0 Å². The number of hydrogen-bond acceptors (Lipinski definition) is 5. The average Bonchev–Trinajstić information content (AvgIpc) is 2.89. The number of methoxy groups -OCH3 is 1. The van der Waals surface area contributed by atoms with Crippen molar-refractivity contribution in [2.45, 2.75) is 13.0 Å². The molecule has 1 aliphatic rings. The number of carbonyl (C=O) groups is 1. The second-order valence-corrected chi connectivity index (χ2v) is 6.60. The summed E-state index contributed by atoms with van der Waals surface area (Å²) < 4.78 is 37.8. The van der Waals surface area contributed by atoms with Crippen LogP contribution in [0.2, 0.25) is 0 Å². The fourth-order valence-corrected chi connectivity index (χ4v) is 3.09. The van der Waals surface area contributed by atoms with Gasteiger partial charge in [0.05, 0.1) is 32.1 Å². The van der Waals surface area contributed by atoms with E-state index in [1.807, 2.05) is 4.90 Å². The number of nitrogens with zero attached hydrogens (tertiary/aromatic N) is 1. The molecule has 0 aliphatic carbocycles. The van der Waals surface area contributed by atoms with E-state index in [2.05, 4.69) is 5.32 Å². The molecule has 6 nitrogen and oxygen atoms in total. The Morgan fingerprint density at radius 3 is 2.82 bits per heavy atom. The molecule has 1 amide bonds. The number of anilines is 2. The van der Waals surface area contributed by atoms with Crippen LogP contribution >= 0.6 is 0 Å². The van der Waals surface area contributed by atoms with Crippen LogP contribution in [0.3, 0.4) is 0 Å². The Kier molecular flexibility index (Phi) is 6.11. The van der Waals surface area contributed by atoms with Crippen LogP contribution in [0.1, 0.15) is 15.9 Å². The molecule has 8 heteroatoms. The summed E-state index contributed by atoms with van der Waals surface area (Å²) in [6.07, 6.45) is -0.658. The first-order valence-corrected chi connectivity index (χ1v) is 8.85. The Morgan fingerprint density at radius 2 is 2.11 bits per heavy atom. The molecule has 2 aromatic rings. The Bertz CT molecular complexity index is 852. The number of aryl methyl sites for hydroxylation is 1. The highest BCUT2D eigenvalue weighted by atomic mass is 19.2. The van der Waals surface area contributed by atoms with Crippen molar-refractivity contribution in [2.24, 2.45) is 0 Å². The number of ether oxygens (including phenoxy) is 2. The predicted octanol–water partition coefficient (Wildman–Crippen LogP) is 2.73. The average molecular weight is 392 g/mol. The third-order valence-corrected chi connectivity index (χ3v) is 4.50. The third-order valence-electron chi connectivity index (χ3n) is 4.50. The van der Waals surface area contributed by atoms with E-state index in [4.69, 9.17) is 9.47 Å². The first kappa shape index (κ1) is 20.0. The summed E-state index contributed by atoms with van der Waals surface area (Å²) in [6, 6.07) is 7.17. The second-order valence-electron chi connectivity index (χ2n) is 6.60. The lowest BCUT2D eigenvalue weighted by atomic mass is 10.1. The van der Waals surface area contributed by atoms with Gasteiger partial charge in [0.15, 0.2) is 11.6 Å². The van der Waals surface area contributed by atoms with Crippen LogP contribution in [-0.4, -0.2) is 50.5 Å². The molecule has 28 heavy (non-hydrogen) atoms. The van der Waals surface area contributed by atoms with Crippen molar-refractivity contribution in [2.75, 3.05) is 43.6 Å². The summed E-state index contributed by atoms with van der Waals surface area (Å²) in [7, 11) is 1.52. The molecule has 0 saturated carbocycles. The summed E-state index contributed by atoms with van der Waals surface area (Å²) in [4.78, 5) is 14.5. The minimum Gasteiger partial charge on any atom is -0.495 e. The molecular weight excluding hydrogens is 370 g/mol. The van der Waals surface area contributed by atoms with Crippen molar-refractivity contribution < 1.29 is 28.2 Å². The number of amides is 1. The minimum absolute atomic E-state index is 0.101. The summed E-state index contributed by atoms with van der Waals surface area (Å²) in [6.45, 7) is 2.97. The van der Waals surface area contributed by atoms with Gasteiger partial charge in [-0.2, -0.15) is 0 Å². The number of aliphatic hydroxyl groups excluding tert-OH is 1. The summed E-state index contributed by atoms with van der Waals surface area (Å²) in [5.74, 6) is -1.88. The number of halogens is 2. The van der Waals surface area contributed by atoms with Gasteiger partial charge in [-0.05, 0) is 36.8 Å². The van der Waals surface area contributed by atoms with E-state index in [-0.39, 0.29) is 17.9 Å². The van der Waals surface area contributed by atoms with E-state index in [9.17, 15) is 18.7 Å². The van der Waals surface area contributed by atoms with Gasteiger partial charge in [-0.25, -0.2) is 8.78 Å². The van der Waals surface area contributed by atoms with Gasteiger partial charge in [0.1, 0.15) is 5.75 Å². The fourth-order valence-electron chi connectivity index (χ4n) is 3.09. The molecule has 1 fully saturated rings. The number of rotatable bonds is 4. The van der Waals surface area contributed by atoms with E-state index < -0.39 is 23.6 Å². The van der Waals surface area contributed by atoms with E-state index in [0.29, 0.717) is 36.7 Å². The maximum Gasteiger partial charge on any atom is 0.255 e. The third kappa shape index (κ3) is 4.40. The summed E-state index contributed by atoms with van der Waals surface area (Å²) in [5, 5.41) is 12.6. The number of carbonyl (C=O) groups excluding carboxylic acids is 1. The van der Waals surface area contributed by atoms with Crippen LogP contribution < -0.4 is 15.0 Å². The highest BCUT2D eigenvalue weighted by Crippen LogP contribution is 2.30. The highest BCUT2D eigenvalue weighted by molar-refractivity contribution is 6.05. The number of β-amino-alcohol motifs (C(OH)–C–C–N with tert-alkyl or cyclic N) is 1. The largest absolute Gasteiger partial charge is 0.495 e. The number of hydrogen-bond donors (Lipinski definition) is 2. The lowest BCUT2D eigenvalue weighted by Crippen LogP contribution is -2.33. The minimum atomic E-state index is -1.02. The second kappa shape index (κ2) is 8.53. The number of nitrogens with one attached hydrogen (secondary N) is 1. The molecule has 0 aromatic heterocycles. The van der Waals surface area contributed by atoms with Gasteiger partial charge < -0.3 is 24.8 Å². The SMILES string of the molecule is COc1ccc(C(=O)Nc2cc(C)c(F)c(F)c2)cc1N1CCOCC(O)C1. The van der Waals surface area contributed by atoms with Gasteiger partial charge in [-0.1, -0.05) is 0 Å². The lowest BCUT2D eigenvalue weighted by molar-refractivity contribution is 0.0597. The van der Waals surface area contributed by atoms with Crippen LogP contribution in [-0.2, 0) is 4.74 Å². The smallest absolute Gasteiger partial charge is 0.255 e. The number of aliphatic hydroxyl groups is 1. The Balaban J connectivity index is 1.87. The summed E-state index contributed by atoms with van der Waals surface area (Å²) in [5.41, 5.74) is 1.22. The van der Waals surface area contributed by atoms with Crippen molar-refractivity contribution in [3.63, 3.8) is 0 Å². The zero-order chi connectivity index (χ0) is 20.3. The first-order chi connectivity index (χ1) is 13.4. The molecule has 0 radical (unpaired) electrons. The molecule has 1 atom stereocenters. The van der Waals surface area contributed by atoms with Crippen molar-refractivity contribution >= 4 is 17.3 Å². The standard InChI is InChI=1S/C20H22F2N2O4/c1-12-7-14(9-16(21)19(12)22)23-20(26)13-3-4-18(27-2)17(8-13)24-5-6-28-11-15(25)10-24/h3-4,7-9,15,25H,5-6,10-11H2,1-2H3,(H,23,26). The van der Waals surface area contributed by atoms with Gasteiger partial charge in [0, 0.05) is 30.4 Å².